The number of aromatic nitrogens is 1. The summed E-state index contributed by atoms with van der Waals surface area (Å²) in [6, 6.07) is 15.5. The Kier molecular flexibility index (Phi) is 3.59. The zero-order chi connectivity index (χ0) is 14.9. The van der Waals surface area contributed by atoms with E-state index < -0.39 is 11.7 Å². The monoisotopic (exact) mass is 305 g/mol. The first-order valence-corrected chi connectivity index (χ1v) is 7.04. The maximum absolute atomic E-state index is 12.9. The number of fused-ring (bicyclic) bond motifs is 1. The lowest BCUT2D eigenvalue weighted by Gasteiger charge is -2.10. The fourth-order valence-corrected chi connectivity index (χ4v) is 2.91. The molecule has 0 spiro atoms. The van der Waals surface area contributed by atoms with E-state index in [0.29, 0.717) is 5.39 Å². The van der Waals surface area contributed by atoms with Gasteiger partial charge >= 0.3 is 6.18 Å². The van der Waals surface area contributed by atoms with Crippen LogP contribution in [0.15, 0.2) is 70.6 Å². The van der Waals surface area contributed by atoms with Gasteiger partial charge in [0, 0.05) is 21.4 Å². The van der Waals surface area contributed by atoms with Crippen LogP contribution in [0, 0.1) is 0 Å². The highest BCUT2D eigenvalue weighted by molar-refractivity contribution is 7.99. The highest BCUT2D eigenvalue weighted by Crippen LogP contribution is 2.35. The molecule has 0 saturated carbocycles. The van der Waals surface area contributed by atoms with Crippen molar-refractivity contribution < 1.29 is 13.2 Å². The fourth-order valence-electron chi connectivity index (χ4n) is 2.05. The lowest BCUT2D eigenvalue weighted by molar-refractivity contribution is -0.136. The molecule has 0 aliphatic carbocycles. The van der Waals surface area contributed by atoms with Gasteiger partial charge in [-0.3, -0.25) is 4.98 Å². The first-order chi connectivity index (χ1) is 10.0. The summed E-state index contributed by atoms with van der Waals surface area (Å²) < 4.78 is 38.8. The molecular formula is C16H10F3NS. The van der Waals surface area contributed by atoms with Gasteiger partial charge in [0.2, 0.25) is 0 Å². The molecular weight excluding hydrogens is 295 g/mol. The van der Waals surface area contributed by atoms with E-state index in [1.165, 1.54) is 24.0 Å². The van der Waals surface area contributed by atoms with Gasteiger partial charge in [0.15, 0.2) is 0 Å². The third-order valence-electron chi connectivity index (χ3n) is 2.97. The van der Waals surface area contributed by atoms with E-state index in [-0.39, 0.29) is 5.52 Å². The SMILES string of the molecule is FC(F)(F)c1cccc2cc(Sc3ccccc3)cnc12. The molecule has 0 aliphatic rings. The Bertz CT molecular complexity index is 769. The van der Waals surface area contributed by atoms with Gasteiger partial charge in [0.05, 0.1) is 11.1 Å². The second kappa shape index (κ2) is 5.41. The minimum absolute atomic E-state index is 0.0117. The number of para-hydroxylation sites is 1. The lowest BCUT2D eigenvalue weighted by Crippen LogP contribution is -2.06. The van der Waals surface area contributed by atoms with Gasteiger partial charge in [-0.15, -0.1) is 0 Å². The molecule has 2 aromatic carbocycles. The van der Waals surface area contributed by atoms with Crippen molar-refractivity contribution in [1.82, 2.24) is 4.98 Å². The standard InChI is InChI=1S/C16H10F3NS/c17-16(18,19)14-8-4-5-11-9-13(10-20-15(11)14)21-12-6-2-1-3-7-12/h1-10H. The molecule has 21 heavy (non-hydrogen) atoms. The van der Waals surface area contributed by atoms with E-state index in [1.807, 2.05) is 30.3 Å². The quantitative estimate of drug-likeness (QED) is 0.628. The third-order valence-corrected chi connectivity index (χ3v) is 3.94. The summed E-state index contributed by atoms with van der Waals surface area (Å²) in [7, 11) is 0. The molecule has 3 aromatic rings. The Morgan fingerprint density at radius 1 is 0.857 bits per heavy atom. The van der Waals surface area contributed by atoms with E-state index in [4.69, 9.17) is 0 Å². The molecule has 0 N–H and O–H groups in total. The number of nitrogens with zero attached hydrogens (tertiary/aromatic N) is 1. The van der Waals surface area contributed by atoms with Crippen molar-refractivity contribution >= 4 is 22.7 Å². The predicted octanol–water partition coefficient (Wildman–Crippen LogP) is 5.40. The van der Waals surface area contributed by atoms with Gasteiger partial charge in [-0.2, -0.15) is 13.2 Å². The second-order valence-corrected chi connectivity index (χ2v) is 5.61. The van der Waals surface area contributed by atoms with Crippen molar-refractivity contribution in [3.63, 3.8) is 0 Å². The van der Waals surface area contributed by atoms with E-state index in [2.05, 4.69) is 4.98 Å². The average molecular weight is 305 g/mol. The van der Waals surface area contributed by atoms with Crippen LogP contribution in [-0.2, 0) is 6.18 Å². The summed E-state index contributed by atoms with van der Waals surface area (Å²) in [5.74, 6) is 0. The minimum atomic E-state index is -4.39. The largest absolute Gasteiger partial charge is 0.418 e. The Hall–Kier alpha value is -2.01. The topological polar surface area (TPSA) is 12.9 Å². The molecule has 3 rings (SSSR count). The smallest absolute Gasteiger partial charge is 0.254 e. The Morgan fingerprint density at radius 2 is 1.62 bits per heavy atom. The molecule has 5 heteroatoms. The number of halogens is 3. The maximum Gasteiger partial charge on any atom is 0.418 e. The first-order valence-electron chi connectivity index (χ1n) is 6.23. The van der Waals surface area contributed by atoms with Crippen LogP contribution >= 0.6 is 11.8 Å². The average Bonchev–Trinajstić information content (AvgIpc) is 2.46. The summed E-state index contributed by atoms with van der Waals surface area (Å²) in [5.41, 5.74) is -0.710. The van der Waals surface area contributed by atoms with Gasteiger partial charge in [0.1, 0.15) is 0 Å². The van der Waals surface area contributed by atoms with Gasteiger partial charge in [0.25, 0.3) is 0 Å². The zero-order valence-electron chi connectivity index (χ0n) is 10.8. The van der Waals surface area contributed by atoms with E-state index >= 15 is 0 Å². The van der Waals surface area contributed by atoms with E-state index in [9.17, 15) is 13.2 Å². The van der Waals surface area contributed by atoms with Crippen LogP contribution in [0.25, 0.3) is 10.9 Å². The second-order valence-electron chi connectivity index (χ2n) is 4.46. The van der Waals surface area contributed by atoms with Crippen molar-refractivity contribution in [2.24, 2.45) is 0 Å². The summed E-state index contributed by atoms with van der Waals surface area (Å²) >= 11 is 1.47. The zero-order valence-corrected chi connectivity index (χ0v) is 11.6. The van der Waals surface area contributed by atoms with Crippen LogP contribution in [0.3, 0.4) is 0 Å². The molecule has 1 aromatic heterocycles. The lowest BCUT2D eigenvalue weighted by atomic mass is 10.1. The van der Waals surface area contributed by atoms with Crippen LogP contribution in [0.2, 0.25) is 0 Å². The van der Waals surface area contributed by atoms with Crippen LogP contribution in [0.5, 0.6) is 0 Å². The molecule has 1 heterocycles. The predicted molar refractivity (Wildman–Crippen MR) is 77.3 cm³/mol. The molecule has 0 saturated heterocycles. The van der Waals surface area contributed by atoms with Crippen LogP contribution < -0.4 is 0 Å². The van der Waals surface area contributed by atoms with Gasteiger partial charge < -0.3 is 0 Å². The highest BCUT2D eigenvalue weighted by Gasteiger charge is 2.33. The van der Waals surface area contributed by atoms with Gasteiger partial charge in [-0.25, -0.2) is 0 Å². The molecule has 0 fully saturated rings. The Balaban J connectivity index is 2.02. The molecule has 0 aliphatic heterocycles. The highest BCUT2D eigenvalue weighted by atomic mass is 32.2. The Labute approximate surface area is 123 Å². The normalized spacial score (nSPS) is 11.8. The molecule has 0 atom stereocenters. The number of rotatable bonds is 2. The minimum Gasteiger partial charge on any atom is -0.254 e. The van der Waals surface area contributed by atoms with Gasteiger partial charge in [-0.05, 0) is 24.3 Å². The molecule has 106 valence electrons. The van der Waals surface area contributed by atoms with Crippen molar-refractivity contribution in [2.45, 2.75) is 16.0 Å². The molecule has 0 radical (unpaired) electrons. The Morgan fingerprint density at radius 3 is 2.33 bits per heavy atom. The van der Waals surface area contributed by atoms with Crippen molar-refractivity contribution in [3.05, 3.63) is 66.4 Å². The van der Waals surface area contributed by atoms with Crippen molar-refractivity contribution in [1.29, 1.82) is 0 Å². The van der Waals surface area contributed by atoms with Crippen LogP contribution in [-0.4, -0.2) is 4.98 Å². The van der Waals surface area contributed by atoms with Crippen LogP contribution in [0.1, 0.15) is 5.56 Å². The maximum atomic E-state index is 12.9. The number of benzene rings is 2. The van der Waals surface area contributed by atoms with E-state index in [0.717, 1.165) is 15.9 Å². The summed E-state index contributed by atoms with van der Waals surface area (Å²) in [6.07, 6.45) is -2.91. The van der Waals surface area contributed by atoms with Crippen LogP contribution in [0.4, 0.5) is 13.2 Å². The molecule has 0 bridgehead atoms. The fraction of sp³-hybridized carbons (Fsp3) is 0.0625. The number of pyridine rings is 1. The third kappa shape index (κ3) is 3.03. The van der Waals surface area contributed by atoms with Crippen molar-refractivity contribution in [2.75, 3.05) is 0 Å². The summed E-state index contributed by atoms with van der Waals surface area (Å²) in [6.45, 7) is 0. The van der Waals surface area contributed by atoms with Gasteiger partial charge in [-0.1, -0.05) is 42.1 Å². The molecule has 1 nitrogen and oxygen atoms in total. The first kappa shape index (κ1) is 13.9. The van der Waals surface area contributed by atoms with E-state index in [1.54, 1.807) is 12.1 Å². The molecule has 0 unspecified atom stereocenters. The number of hydrogen-bond acceptors (Lipinski definition) is 2. The summed E-state index contributed by atoms with van der Waals surface area (Å²) in [5, 5.41) is 0.491. The number of alkyl halides is 3. The summed E-state index contributed by atoms with van der Waals surface area (Å²) in [4.78, 5) is 5.83. The molecule has 0 amide bonds. The van der Waals surface area contributed by atoms with Crippen molar-refractivity contribution in [3.8, 4) is 0 Å². The number of hydrogen-bond donors (Lipinski definition) is 0.